The normalized spacial score (nSPS) is 10.7. The van der Waals surface area contributed by atoms with Gasteiger partial charge in [-0.15, -0.1) is 0 Å². The Morgan fingerprint density at radius 2 is 1.68 bits per heavy atom. The second-order valence-electron chi connectivity index (χ2n) is 6.48. The van der Waals surface area contributed by atoms with Crippen LogP contribution in [-0.2, 0) is 0 Å². The molecule has 0 fully saturated rings. The van der Waals surface area contributed by atoms with Gasteiger partial charge in [0.15, 0.2) is 11.2 Å². The second kappa shape index (κ2) is 8.08. The summed E-state index contributed by atoms with van der Waals surface area (Å²) in [5.74, 6) is -0.647. The topological polar surface area (TPSA) is 79.6 Å². The first-order chi connectivity index (χ1) is 13.4. The maximum Gasteiger partial charge on any atom is 0.291 e. The van der Waals surface area contributed by atoms with Crippen molar-refractivity contribution in [1.29, 1.82) is 0 Å². The quantitative estimate of drug-likeness (QED) is 0.732. The predicted molar refractivity (Wildman–Crippen MR) is 109 cm³/mol. The Bertz CT molecular complexity index is 1080. The zero-order valence-electron chi connectivity index (χ0n) is 16.1. The van der Waals surface area contributed by atoms with E-state index in [-0.39, 0.29) is 17.1 Å². The highest BCUT2D eigenvalue weighted by Gasteiger charge is 2.15. The minimum Gasteiger partial charge on any atom is -0.451 e. The molecule has 3 rings (SSSR count). The summed E-state index contributed by atoms with van der Waals surface area (Å²) in [5.41, 5.74) is 2.09. The van der Waals surface area contributed by atoms with E-state index in [1.165, 1.54) is 6.07 Å². The van der Waals surface area contributed by atoms with Crippen LogP contribution in [0.4, 0.5) is 5.69 Å². The molecule has 0 unspecified atom stereocenters. The van der Waals surface area contributed by atoms with E-state index >= 15 is 0 Å². The van der Waals surface area contributed by atoms with Gasteiger partial charge in [0.25, 0.3) is 11.8 Å². The van der Waals surface area contributed by atoms with Crippen molar-refractivity contribution < 1.29 is 14.0 Å². The number of nitrogens with zero attached hydrogens (tertiary/aromatic N) is 1. The molecule has 6 nitrogen and oxygen atoms in total. The van der Waals surface area contributed by atoms with Crippen LogP contribution in [0.25, 0.3) is 11.0 Å². The molecule has 3 aromatic rings. The zero-order valence-corrected chi connectivity index (χ0v) is 16.1. The fourth-order valence-electron chi connectivity index (χ4n) is 2.96. The van der Waals surface area contributed by atoms with Crippen LogP contribution in [0.3, 0.4) is 0 Å². The summed E-state index contributed by atoms with van der Waals surface area (Å²) in [6.45, 7) is 7.00. The van der Waals surface area contributed by atoms with E-state index in [4.69, 9.17) is 4.42 Å². The van der Waals surface area contributed by atoms with Crippen LogP contribution in [-0.4, -0.2) is 29.8 Å². The molecule has 6 heteroatoms. The van der Waals surface area contributed by atoms with Crippen LogP contribution >= 0.6 is 0 Å². The van der Waals surface area contributed by atoms with Gasteiger partial charge in [-0.3, -0.25) is 14.4 Å². The maximum atomic E-state index is 12.5. The average Bonchev–Trinajstić information content (AvgIpc) is 2.69. The van der Waals surface area contributed by atoms with Gasteiger partial charge < -0.3 is 14.6 Å². The highest BCUT2D eigenvalue weighted by atomic mass is 16.3. The lowest BCUT2D eigenvalue weighted by Gasteiger charge is -2.18. The number of amides is 2. The molecule has 0 radical (unpaired) electrons. The van der Waals surface area contributed by atoms with Crippen molar-refractivity contribution in [2.24, 2.45) is 0 Å². The average molecular weight is 378 g/mol. The number of carbonyl (C=O) groups excluding carboxylic acids is 2. The number of aryl methyl sites for hydroxylation is 1. The molecule has 0 bridgehead atoms. The summed E-state index contributed by atoms with van der Waals surface area (Å²) in [5, 5.41) is 3.13. The van der Waals surface area contributed by atoms with E-state index in [0.717, 1.165) is 5.56 Å². The molecule has 0 aliphatic carbocycles. The number of benzene rings is 2. The van der Waals surface area contributed by atoms with Crippen molar-refractivity contribution in [2.75, 3.05) is 18.4 Å². The van der Waals surface area contributed by atoms with Crippen molar-refractivity contribution in [2.45, 2.75) is 20.8 Å². The van der Waals surface area contributed by atoms with E-state index in [1.54, 1.807) is 41.3 Å². The molecule has 1 N–H and O–H groups in total. The van der Waals surface area contributed by atoms with Gasteiger partial charge in [-0.05, 0) is 57.2 Å². The van der Waals surface area contributed by atoms with Gasteiger partial charge in [0.1, 0.15) is 5.58 Å². The first-order valence-electron chi connectivity index (χ1n) is 9.18. The van der Waals surface area contributed by atoms with Crippen LogP contribution in [0.15, 0.2) is 57.7 Å². The minimum atomic E-state index is -0.526. The summed E-state index contributed by atoms with van der Waals surface area (Å²) in [4.78, 5) is 38.8. The number of hydrogen-bond donors (Lipinski definition) is 1. The third kappa shape index (κ3) is 3.96. The molecule has 28 heavy (non-hydrogen) atoms. The van der Waals surface area contributed by atoms with Crippen LogP contribution in [0.1, 0.15) is 40.3 Å². The first kappa shape index (κ1) is 19.4. The van der Waals surface area contributed by atoms with Gasteiger partial charge >= 0.3 is 0 Å². The van der Waals surface area contributed by atoms with Crippen LogP contribution in [0, 0.1) is 6.92 Å². The molecule has 1 aromatic heterocycles. The molecule has 144 valence electrons. The van der Waals surface area contributed by atoms with Gasteiger partial charge in [0, 0.05) is 30.4 Å². The fraction of sp³-hybridized carbons (Fsp3) is 0.227. The third-order valence-electron chi connectivity index (χ3n) is 4.55. The number of nitrogens with one attached hydrogen (secondary N) is 1. The zero-order chi connectivity index (χ0) is 20.3. The summed E-state index contributed by atoms with van der Waals surface area (Å²) < 4.78 is 5.58. The van der Waals surface area contributed by atoms with Gasteiger partial charge in [-0.25, -0.2) is 0 Å². The van der Waals surface area contributed by atoms with E-state index in [9.17, 15) is 14.4 Å². The number of rotatable bonds is 5. The molecule has 0 aliphatic rings. The summed E-state index contributed by atoms with van der Waals surface area (Å²) >= 11 is 0. The molecular weight excluding hydrogens is 356 g/mol. The maximum absolute atomic E-state index is 12.5. The number of hydrogen-bond acceptors (Lipinski definition) is 4. The van der Waals surface area contributed by atoms with E-state index < -0.39 is 5.91 Å². The Morgan fingerprint density at radius 3 is 2.32 bits per heavy atom. The predicted octanol–water partition coefficient (Wildman–Crippen LogP) is 3.84. The van der Waals surface area contributed by atoms with E-state index in [2.05, 4.69) is 5.32 Å². The summed E-state index contributed by atoms with van der Waals surface area (Å²) in [7, 11) is 0. The number of anilines is 1. The third-order valence-corrected chi connectivity index (χ3v) is 4.55. The van der Waals surface area contributed by atoms with Crippen molar-refractivity contribution in [3.05, 3.63) is 75.6 Å². The van der Waals surface area contributed by atoms with Crippen molar-refractivity contribution in [3.8, 4) is 0 Å². The number of carbonyl (C=O) groups is 2. The molecule has 0 saturated heterocycles. The van der Waals surface area contributed by atoms with Crippen molar-refractivity contribution in [3.63, 3.8) is 0 Å². The van der Waals surface area contributed by atoms with Gasteiger partial charge in [-0.2, -0.15) is 0 Å². The number of fused-ring (bicyclic) bond motifs is 1. The lowest BCUT2D eigenvalue weighted by atomic mass is 10.1. The molecule has 0 atom stereocenters. The van der Waals surface area contributed by atoms with E-state index in [1.807, 2.05) is 26.8 Å². The Hall–Kier alpha value is -3.41. The molecule has 0 aliphatic heterocycles. The molecule has 0 spiro atoms. The Balaban J connectivity index is 1.80. The van der Waals surface area contributed by atoms with Gasteiger partial charge in [-0.1, -0.05) is 11.6 Å². The van der Waals surface area contributed by atoms with Gasteiger partial charge in [0.05, 0.1) is 5.39 Å². The standard InChI is InChI=1S/C22H22N2O4/c1-4-24(5-2)22(27)15-7-9-16(10-8-15)23-21(26)20-13-18(25)17-12-14(3)6-11-19(17)28-20/h6-13H,4-5H2,1-3H3,(H,23,26). The van der Waals surface area contributed by atoms with Crippen LogP contribution < -0.4 is 10.7 Å². The summed E-state index contributed by atoms with van der Waals surface area (Å²) in [6.07, 6.45) is 0. The minimum absolute atomic E-state index is 0.0568. The molecule has 2 aromatic carbocycles. The second-order valence-corrected chi connectivity index (χ2v) is 6.48. The van der Waals surface area contributed by atoms with Crippen LogP contribution in [0.5, 0.6) is 0 Å². The summed E-state index contributed by atoms with van der Waals surface area (Å²) in [6, 6.07) is 13.0. The molecule has 1 heterocycles. The fourth-order valence-corrected chi connectivity index (χ4v) is 2.96. The Kier molecular flexibility index (Phi) is 5.59. The lowest BCUT2D eigenvalue weighted by molar-refractivity contribution is 0.0773. The lowest BCUT2D eigenvalue weighted by Crippen LogP contribution is -2.30. The smallest absolute Gasteiger partial charge is 0.291 e. The first-order valence-corrected chi connectivity index (χ1v) is 9.18. The largest absolute Gasteiger partial charge is 0.451 e. The van der Waals surface area contributed by atoms with Crippen LogP contribution in [0.2, 0.25) is 0 Å². The van der Waals surface area contributed by atoms with Gasteiger partial charge in [0.2, 0.25) is 0 Å². The van der Waals surface area contributed by atoms with Crippen molar-refractivity contribution >= 4 is 28.5 Å². The van der Waals surface area contributed by atoms with Crippen molar-refractivity contribution in [1.82, 2.24) is 4.90 Å². The highest BCUT2D eigenvalue weighted by Crippen LogP contribution is 2.16. The SMILES string of the molecule is CCN(CC)C(=O)c1ccc(NC(=O)c2cc(=O)c3cc(C)ccc3o2)cc1. The molecular formula is C22H22N2O4. The molecule has 2 amide bonds. The Morgan fingerprint density at radius 1 is 1.00 bits per heavy atom. The van der Waals surface area contributed by atoms with E-state index in [0.29, 0.717) is 35.3 Å². The monoisotopic (exact) mass is 378 g/mol. The Labute approximate surface area is 162 Å². The molecule has 0 saturated carbocycles. The highest BCUT2D eigenvalue weighted by molar-refractivity contribution is 6.03.